The second-order valence-corrected chi connectivity index (χ2v) is 8.28. The Labute approximate surface area is 208 Å². The van der Waals surface area contributed by atoms with Gasteiger partial charge in [-0.1, -0.05) is 12.1 Å². The molecule has 0 saturated carbocycles. The smallest absolute Gasteiger partial charge is 0.224 e. The fourth-order valence-electron chi connectivity index (χ4n) is 4.35. The first kappa shape index (κ1) is 26.8. The van der Waals surface area contributed by atoms with Gasteiger partial charge < -0.3 is 20.3 Å². The summed E-state index contributed by atoms with van der Waals surface area (Å²) in [6, 6.07) is 7.10. The number of amides is 1. The molecule has 1 amide bonds. The van der Waals surface area contributed by atoms with Crippen LogP contribution in [0.3, 0.4) is 0 Å². The Balaban J connectivity index is 0.00000363. The first-order valence-corrected chi connectivity index (χ1v) is 11.4. The van der Waals surface area contributed by atoms with Crippen LogP contribution >= 0.6 is 24.0 Å². The molecule has 180 valence electrons. The first-order valence-electron chi connectivity index (χ1n) is 11.4. The molecule has 2 unspecified atom stereocenters. The largest absolute Gasteiger partial charge is 0.379 e. The molecule has 2 N–H and O–H groups in total. The van der Waals surface area contributed by atoms with Crippen LogP contribution in [0.1, 0.15) is 44.2 Å². The third-order valence-corrected chi connectivity index (χ3v) is 6.18. The average molecular weight is 561 g/mol. The van der Waals surface area contributed by atoms with Crippen molar-refractivity contribution >= 4 is 35.8 Å². The van der Waals surface area contributed by atoms with Crippen LogP contribution < -0.4 is 10.6 Å². The highest BCUT2D eigenvalue weighted by molar-refractivity contribution is 14.0. The Hall–Kier alpha value is -1.46. The first-order chi connectivity index (χ1) is 15.1. The third-order valence-electron chi connectivity index (χ3n) is 6.18. The van der Waals surface area contributed by atoms with Crippen molar-refractivity contribution < 1.29 is 13.9 Å². The van der Waals surface area contributed by atoms with E-state index in [1.807, 2.05) is 17.0 Å². The lowest BCUT2D eigenvalue weighted by molar-refractivity contribution is -0.134. The van der Waals surface area contributed by atoms with Crippen molar-refractivity contribution in [1.29, 1.82) is 0 Å². The summed E-state index contributed by atoms with van der Waals surface area (Å²) < 4.78 is 18.9. The van der Waals surface area contributed by atoms with Crippen molar-refractivity contribution in [3.8, 4) is 0 Å². The second-order valence-electron chi connectivity index (χ2n) is 8.28. The van der Waals surface area contributed by atoms with Gasteiger partial charge in [-0.2, -0.15) is 0 Å². The molecule has 0 spiro atoms. The molecule has 1 aromatic rings. The van der Waals surface area contributed by atoms with E-state index in [4.69, 9.17) is 4.74 Å². The summed E-state index contributed by atoms with van der Waals surface area (Å²) >= 11 is 0. The van der Waals surface area contributed by atoms with Crippen LogP contribution in [-0.4, -0.2) is 80.7 Å². The Morgan fingerprint density at radius 1 is 1.19 bits per heavy atom. The molecule has 7 nitrogen and oxygen atoms in total. The number of benzene rings is 1. The molecule has 1 aromatic carbocycles. The predicted octanol–water partition coefficient (Wildman–Crippen LogP) is 2.77. The van der Waals surface area contributed by atoms with Crippen LogP contribution in [0.2, 0.25) is 0 Å². The van der Waals surface area contributed by atoms with E-state index < -0.39 is 0 Å². The van der Waals surface area contributed by atoms with Gasteiger partial charge >= 0.3 is 0 Å². The van der Waals surface area contributed by atoms with E-state index in [-0.39, 0.29) is 41.7 Å². The number of rotatable bonds is 7. The highest BCUT2D eigenvalue weighted by atomic mass is 127. The molecule has 2 fully saturated rings. The number of nitrogens with zero attached hydrogens (tertiary/aromatic N) is 3. The zero-order chi connectivity index (χ0) is 22.1. The van der Waals surface area contributed by atoms with E-state index in [9.17, 15) is 9.18 Å². The fourth-order valence-corrected chi connectivity index (χ4v) is 4.35. The highest BCUT2D eigenvalue weighted by Gasteiger charge is 2.24. The van der Waals surface area contributed by atoms with Crippen LogP contribution in [0.4, 0.5) is 4.39 Å². The summed E-state index contributed by atoms with van der Waals surface area (Å²) in [7, 11) is 1.73. The van der Waals surface area contributed by atoms with E-state index in [2.05, 4.69) is 27.4 Å². The molecular weight excluding hydrogens is 524 g/mol. The molecular formula is C23H37FIN5O2. The highest BCUT2D eigenvalue weighted by Crippen LogP contribution is 2.22. The normalized spacial score (nSPS) is 20.9. The summed E-state index contributed by atoms with van der Waals surface area (Å²) in [5, 5.41) is 6.64. The number of hydrogen-bond donors (Lipinski definition) is 2. The minimum Gasteiger partial charge on any atom is -0.379 e. The van der Waals surface area contributed by atoms with Gasteiger partial charge in [-0.05, 0) is 43.9 Å². The Bertz CT molecular complexity index is 728. The predicted molar refractivity (Wildman–Crippen MR) is 136 cm³/mol. The summed E-state index contributed by atoms with van der Waals surface area (Å²) in [5.74, 6) is 0.634. The van der Waals surface area contributed by atoms with Gasteiger partial charge in [-0.3, -0.25) is 14.7 Å². The number of piperidine rings is 1. The van der Waals surface area contributed by atoms with E-state index in [0.29, 0.717) is 44.7 Å². The zero-order valence-electron chi connectivity index (χ0n) is 19.2. The number of morpholine rings is 1. The quantitative estimate of drug-likeness (QED) is 0.305. The Morgan fingerprint density at radius 2 is 1.91 bits per heavy atom. The second kappa shape index (κ2) is 13.9. The van der Waals surface area contributed by atoms with Gasteiger partial charge in [-0.25, -0.2) is 4.39 Å². The maximum atomic E-state index is 13.4. The number of hydrogen-bond acceptors (Lipinski definition) is 4. The number of aliphatic imine (C=N–C) groups is 1. The minimum atomic E-state index is -0.234. The fraction of sp³-hybridized carbons (Fsp3) is 0.652. The van der Waals surface area contributed by atoms with Crippen LogP contribution in [0.15, 0.2) is 29.3 Å². The van der Waals surface area contributed by atoms with Crippen molar-refractivity contribution in [3.63, 3.8) is 0 Å². The Morgan fingerprint density at radius 3 is 2.56 bits per heavy atom. The number of guanidine groups is 1. The number of nitrogens with one attached hydrogen (secondary N) is 2. The molecule has 2 aliphatic heterocycles. The van der Waals surface area contributed by atoms with Gasteiger partial charge in [-0.15, -0.1) is 24.0 Å². The minimum absolute atomic E-state index is 0. The number of likely N-dealkylation sites (tertiary alicyclic amines) is 1. The standard InChI is InChI=1S/C23H36FN5O2.HI/c1-18-5-3-4-12-29(18)22(30)10-11-26-23(25-2)27-17-21(28-13-15-31-16-14-28)19-6-8-20(24)9-7-19;/h6-9,18,21H,3-5,10-17H2,1-2H3,(H2,25,26,27);1H. The van der Waals surface area contributed by atoms with Crippen molar-refractivity contribution in [2.24, 2.45) is 4.99 Å². The van der Waals surface area contributed by atoms with Crippen molar-refractivity contribution in [3.05, 3.63) is 35.6 Å². The van der Waals surface area contributed by atoms with E-state index in [1.165, 1.54) is 18.6 Å². The number of carbonyl (C=O) groups excluding carboxylic acids is 1. The lowest BCUT2D eigenvalue weighted by atomic mass is 10.0. The molecule has 32 heavy (non-hydrogen) atoms. The van der Waals surface area contributed by atoms with Gasteiger partial charge in [0.2, 0.25) is 5.91 Å². The molecule has 2 aliphatic rings. The molecule has 0 aliphatic carbocycles. The van der Waals surface area contributed by atoms with Crippen LogP contribution in [0.25, 0.3) is 0 Å². The summed E-state index contributed by atoms with van der Waals surface area (Å²) in [4.78, 5) is 21.2. The third kappa shape index (κ3) is 7.84. The monoisotopic (exact) mass is 561 g/mol. The van der Waals surface area contributed by atoms with E-state index in [1.54, 1.807) is 7.05 Å². The summed E-state index contributed by atoms with van der Waals surface area (Å²) in [6.45, 7) is 7.22. The van der Waals surface area contributed by atoms with Gasteiger partial charge in [0.15, 0.2) is 5.96 Å². The lowest BCUT2D eigenvalue weighted by Gasteiger charge is -2.35. The van der Waals surface area contributed by atoms with Crippen molar-refractivity contribution in [2.45, 2.75) is 44.7 Å². The zero-order valence-corrected chi connectivity index (χ0v) is 21.5. The van der Waals surface area contributed by atoms with Gasteiger partial charge in [0.05, 0.1) is 19.3 Å². The lowest BCUT2D eigenvalue weighted by Crippen LogP contribution is -2.47. The molecule has 0 aromatic heterocycles. The van der Waals surface area contributed by atoms with Gasteiger partial charge in [0.25, 0.3) is 0 Å². The van der Waals surface area contributed by atoms with Crippen LogP contribution in [0, 0.1) is 5.82 Å². The molecule has 0 bridgehead atoms. The molecule has 2 saturated heterocycles. The maximum Gasteiger partial charge on any atom is 0.224 e. The average Bonchev–Trinajstić information content (AvgIpc) is 2.80. The van der Waals surface area contributed by atoms with Crippen LogP contribution in [0.5, 0.6) is 0 Å². The number of halogens is 2. The number of carbonyl (C=O) groups is 1. The van der Waals surface area contributed by atoms with Crippen molar-refractivity contribution in [1.82, 2.24) is 20.4 Å². The van der Waals surface area contributed by atoms with E-state index >= 15 is 0 Å². The van der Waals surface area contributed by atoms with Crippen molar-refractivity contribution in [2.75, 3.05) is 53.0 Å². The van der Waals surface area contributed by atoms with Gasteiger partial charge in [0, 0.05) is 52.2 Å². The summed E-state index contributed by atoms with van der Waals surface area (Å²) in [6.07, 6.45) is 3.85. The summed E-state index contributed by atoms with van der Waals surface area (Å²) in [5.41, 5.74) is 1.06. The molecule has 0 radical (unpaired) electrons. The van der Waals surface area contributed by atoms with Gasteiger partial charge in [0.1, 0.15) is 5.82 Å². The van der Waals surface area contributed by atoms with Crippen LogP contribution in [-0.2, 0) is 9.53 Å². The molecule has 2 atom stereocenters. The molecule has 3 rings (SSSR count). The topological polar surface area (TPSA) is 69.2 Å². The Kier molecular flexibility index (Phi) is 11.7. The number of ether oxygens (including phenoxy) is 1. The molecule has 2 heterocycles. The molecule has 9 heteroatoms. The SMILES string of the molecule is CN=C(NCCC(=O)N1CCCCC1C)NCC(c1ccc(F)cc1)N1CCOCC1.I. The maximum absolute atomic E-state index is 13.4. The van der Waals surface area contributed by atoms with E-state index in [0.717, 1.165) is 38.0 Å².